The maximum absolute atomic E-state index is 13.0. The number of fused-ring (bicyclic) bond motifs is 1. The van der Waals surface area contributed by atoms with Crippen molar-refractivity contribution in [1.29, 1.82) is 0 Å². The number of nitrogens with zero attached hydrogens (tertiary/aromatic N) is 2. The molecule has 2 aliphatic heterocycles. The van der Waals surface area contributed by atoms with Crippen molar-refractivity contribution in [1.82, 2.24) is 15.2 Å². The summed E-state index contributed by atoms with van der Waals surface area (Å²) in [6.07, 6.45) is 1.39. The fraction of sp³-hybridized carbons (Fsp3) is 0.412. The van der Waals surface area contributed by atoms with Crippen molar-refractivity contribution in [3.05, 3.63) is 35.7 Å². The minimum atomic E-state index is -4.16. The average Bonchev–Trinajstić information content (AvgIpc) is 2.78. The van der Waals surface area contributed by atoms with E-state index in [1.165, 1.54) is 26.1 Å². The normalized spacial score (nSPS) is 25.3. The number of β-lactam (4-membered cyclic amide) rings is 1. The minimum absolute atomic E-state index is 0. The van der Waals surface area contributed by atoms with E-state index in [2.05, 4.69) is 10.3 Å². The molecule has 3 N–H and O–H groups in total. The molecule has 2 aliphatic rings. The summed E-state index contributed by atoms with van der Waals surface area (Å²) < 4.78 is 24.3. The number of sulfone groups is 1. The van der Waals surface area contributed by atoms with Gasteiger partial charge in [-0.1, -0.05) is 6.07 Å². The van der Waals surface area contributed by atoms with Gasteiger partial charge < -0.3 is 25.9 Å². The average molecular weight is 430 g/mol. The first-order chi connectivity index (χ1) is 13.1. The SMILES string of the molecule is CC1(C)[C@H](C(=O)[O-])N2C(=O)/C(=C(\C(=O)NCCN)c3ccccn3)[C@H]2S1(=O)=O.[Na+]. The van der Waals surface area contributed by atoms with Crippen molar-refractivity contribution < 1.29 is 57.5 Å². The van der Waals surface area contributed by atoms with Crippen molar-refractivity contribution in [2.75, 3.05) is 13.1 Å². The van der Waals surface area contributed by atoms with Crippen molar-refractivity contribution in [3.63, 3.8) is 0 Å². The van der Waals surface area contributed by atoms with Crippen LogP contribution in [0.3, 0.4) is 0 Å². The molecule has 0 radical (unpaired) electrons. The second-order valence-electron chi connectivity index (χ2n) is 6.98. The van der Waals surface area contributed by atoms with Crippen molar-refractivity contribution in [2.24, 2.45) is 5.73 Å². The molecule has 10 nitrogen and oxygen atoms in total. The summed E-state index contributed by atoms with van der Waals surface area (Å²) in [5.41, 5.74) is 4.98. The van der Waals surface area contributed by atoms with Crippen LogP contribution in [-0.4, -0.2) is 65.3 Å². The Hall–Kier alpha value is -1.79. The Morgan fingerprint density at radius 3 is 2.52 bits per heavy atom. The number of nitrogens with two attached hydrogens (primary N) is 1. The van der Waals surface area contributed by atoms with Gasteiger partial charge in [-0.05, 0) is 26.0 Å². The summed E-state index contributed by atoms with van der Waals surface area (Å²) >= 11 is 0. The molecule has 1 aromatic rings. The molecule has 0 saturated carbocycles. The number of nitrogens with one attached hydrogen (secondary N) is 1. The Morgan fingerprint density at radius 2 is 2.00 bits per heavy atom. The molecule has 1 aromatic heterocycles. The van der Waals surface area contributed by atoms with Crippen LogP contribution in [0.5, 0.6) is 0 Å². The fourth-order valence-corrected chi connectivity index (χ4v) is 5.69. The Morgan fingerprint density at radius 1 is 1.34 bits per heavy atom. The number of carbonyl (C=O) groups is 3. The molecular weight excluding hydrogens is 411 g/mol. The predicted octanol–water partition coefficient (Wildman–Crippen LogP) is -5.59. The number of carboxylic acid groups (broad SMARTS) is 1. The molecule has 0 unspecified atom stereocenters. The topological polar surface area (TPSA) is 163 Å². The number of amides is 2. The molecule has 0 aliphatic carbocycles. The maximum Gasteiger partial charge on any atom is 1.00 e. The molecule has 2 atom stereocenters. The molecule has 2 saturated heterocycles. The van der Waals surface area contributed by atoms with Crippen molar-refractivity contribution >= 4 is 33.2 Å². The molecule has 2 amide bonds. The zero-order chi connectivity index (χ0) is 20.9. The number of aromatic nitrogens is 1. The van der Waals surface area contributed by atoms with Gasteiger partial charge >= 0.3 is 29.6 Å². The number of carboxylic acids is 1. The number of rotatable bonds is 5. The molecule has 3 rings (SSSR count). The zero-order valence-corrected chi connectivity index (χ0v) is 19.0. The Labute approximate surface area is 189 Å². The number of aliphatic carboxylic acids is 1. The summed E-state index contributed by atoms with van der Waals surface area (Å²) in [5.74, 6) is -3.23. The third-order valence-electron chi connectivity index (χ3n) is 5.00. The van der Waals surface area contributed by atoms with Crippen LogP contribution in [0.2, 0.25) is 0 Å². The van der Waals surface area contributed by atoms with E-state index in [0.717, 1.165) is 4.90 Å². The van der Waals surface area contributed by atoms with Crippen LogP contribution in [0, 0.1) is 0 Å². The summed E-state index contributed by atoms with van der Waals surface area (Å²) in [7, 11) is -4.16. The molecule has 29 heavy (non-hydrogen) atoms. The summed E-state index contributed by atoms with van der Waals surface area (Å²) in [5, 5.41) is 12.5. The number of hydrogen-bond acceptors (Lipinski definition) is 8. The van der Waals surface area contributed by atoms with E-state index in [0.29, 0.717) is 0 Å². The smallest absolute Gasteiger partial charge is 0.548 e. The van der Waals surface area contributed by atoms with Crippen LogP contribution in [0.1, 0.15) is 19.5 Å². The first kappa shape index (κ1) is 23.5. The van der Waals surface area contributed by atoms with Crippen LogP contribution in [0.15, 0.2) is 30.0 Å². The van der Waals surface area contributed by atoms with E-state index in [9.17, 15) is 27.9 Å². The van der Waals surface area contributed by atoms with Gasteiger partial charge in [0.2, 0.25) is 0 Å². The van der Waals surface area contributed by atoms with Crippen molar-refractivity contribution in [3.8, 4) is 0 Å². The molecule has 0 spiro atoms. The third kappa shape index (κ3) is 3.40. The largest absolute Gasteiger partial charge is 1.00 e. The van der Waals surface area contributed by atoms with Gasteiger partial charge in [-0.25, -0.2) is 8.42 Å². The molecule has 12 heteroatoms. The van der Waals surface area contributed by atoms with Crippen LogP contribution in [0.4, 0.5) is 0 Å². The van der Waals surface area contributed by atoms with Gasteiger partial charge in [0.15, 0.2) is 15.2 Å². The van der Waals surface area contributed by atoms with Gasteiger partial charge in [0.1, 0.15) is 0 Å². The van der Waals surface area contributed by atoms with Gasteiger partial charge in [0.25, 0.3) is 11.8 Å². The van der Waals surface area contributed by atoms with Gasteiger partial charge in [-0.2, -0.15) is 0 Å². The van der Waals surface area contributed by atoms with E-state index in [1.54, 1.807) is 12.1 Å². The van der Waals surface area contributed by atoms with Gasteiger partial charge in [-0.3, -0.25) is 14.6 Å². The molecule has 2 fully saturated rings. The number of carbonyl (C=O) groups excluding carboxylic acids is 3. The monoisotopic (exact) mass is 430 g/mol. The van der Waals surface area contributed by atoms with Gasteiger partial charge in [0.05, 0.1) is 33.6 Å². The molecule has 3 heterocycles. The second kappa shape index (κ2) is 8.15. The van der Waals surface area contributed by atoms with Gasteiger partial charge in [-0.15, -0.1) is 0 Å². The minimum Gasteiger partial charge on any atom is -0.548 e. The van der Waals surface area contributed by atoms with Gasteiger partial charge in [0, 0.05) is 19.3 Å². The molecule has 0 bridgehead atoms. The molecule has 0 aromatic carbocycles. The zero-order valence-electron chi connectivity index (χ0n) is 16.2. The Bertz CT molecular complexity index is 992. The summed E-state index contributed by atoms with van der Waals surface area (Å²) in [4.78, 5) is 41.9. The van der Waals surface area contributed by atoms with E-state index in [1.807, 2.05) is 0 Å². The van der Waals surface area contributed by atoms with E-state index >= 15 is 0 Å². The van der Waals surface area contributed by atoms with E-state index in [-0.39, 0.29) is 59.5 Å². The summed E-state index contributed by atoms with van der Waals surface area (Å²) in [6, 6.07) is 2.98. The first-order valence-electron chi connectivity index (χ1n) is 8.48. The second-order valence-corrected chi connectivity index (χ2v) is 9.57. The summed E-state index contributed by atoms with van der Waals surface area (Å²) in [6.45, 7) is 2.69. The standard InChI is InChI=1S/C17H20N4O6S.Na/c1-17(2)12(16(24)25)21-14(23)11(15(21)28(17,26)27)10(13(22)20-8-6-18)9-5-3-4-7-19-9;/h3-5,7,12,15H,6,8,18H2,1-2H3,(H,20,22)(H,24,25);/q;+1/p-1/b11-10+;/t12-,15+;/m0./s1. The van der Waals surface area contributed by atoms with E-state index in [4.69, 9.17) is 5.73 Å². The molecular formula is C17H19N4NaO6S. The Balaban J connectivity index is 0.00000300. The first-order valence-corrected chi connectivity index (χ1v) is 10.0. The van der Waals surface area contributed by atoms with Crippen LogP contribution < -0.4 is 45.7 Å². The number of pyridine rings is 1. The van der Waals surface area contributed by atoms with Crippen LogP contribution in [-0.2, 0) is 24.2 Å². The molecule has 150 valence electrons. The van der Waals surface area contributed by atoms with Crippen LogP contribution >= 0.6 is 0 Å². The Kier molecular flexibility index (Phi) is 6.60. The fourth-order valence-electron chi connectivity index (χ4n) is 3.55. The quantitative estimate of drug-likeness (QED) is 0.265. The maximum atomic E-state index is 13.0. The third-order valence-corrected chi connectivity index (χ3v) is 7.74. The van der Waals surface area contributed by atoms with Crippen molar-refractivity contribution in [2.45, 2.75) is 30.0 Å². The van der Waals surface area contributed by atoms with Crippen LogP contribution in [0.25, 0.3) is 5.57 Å². The van der Waals surface area contributed by atoms with E-state index < -0.39 is 43.8 Å². The number of hydrogen-bond donors (Lipinski definition) is 2. The predicted molar refractivity (Wildman–Crippen MR) is 95.6 cm³/mol.